The zero-order chi connectivity index (χ0) is 13.5. The van der Waals surface area contributed by atoms with Gasteiger partial charge in [0.25, 0.3) is 0 Å². The van der Waals surface area contributed by atoms with Gasteiger partial charge in [-0.3, -0.25) is 4.98 Å². The summed E-state index contributed by atoms with van der Waals surface area (Å²) in [7, 11) is 0. The fraction of sp³-hybridized carbons (Fsp3) is 0.312. The van der Waals surface area contributed by atoms with Gasteiger partial charge in [-0.05, 0) is 30.2 Å². The lowest BCUT2D eigenvalue weighted by Gasteiger charge is -2.14. The third-order valence-corrected chi connectivity index (χ3v) is 3.20. The molecule has 0 fully saturated rings. The number of benzene rings is 1. The Labute approximate surface area is 114 Å². The minimum atomic E-state index is 0.165. The van der Waals surface area contributed by atoms with E-state index in [1.54, 1.807) is 6.20 Å². The van der Waals surface area contributed by atoms with Crippen LogP contribution in [0.3, 0.4) is 0 Å². The number of nitrogens with one attached hydrogen (secondary N) is 1. The van der Waals surface area contributed by atoms with Crippen molar-refractivity contribution in [1.82, 2.24) is 10.3 Å². The molecule has 3 heteroatoms. The molecule has 0 saturated heterocycles. The first-order chi connectivity index (χ1) is 9.33. The zero-order valence-electron chi connectivity index (χ0n) is 11.2. The molecule has 0 radical (unpaired) electrons. The van der Waals surface area contributed by atoms with Gasteiger partial charge in [0.1, 0.15) is 0 Å². The highest BCUT2D eigenvalue weighted by Crippen LogP contribution is 2.17. The third-order valence-electron chi connectivity index (χ3n) is 3.20. The number of aliphatic hydroxyl groups excluding tert-OH is 1. The molecule has 0 bridgehead atoms. The van der Waals surface area contributed by atoms with E-state index in [0.717, 1.165) is 24.2 Å². The fourth-order valence-corrected chi connectivity index (χ4v) is 1.97. The van der Waals surface area contributed by atoms with Crippen LogP contribution in [0, 0.1) is 0 Å². The van der Waals surface area contributed by atoms with E-state index in [1.807, 2.05) is 24.3 Å². The molecule has 1 heterocycles. The number of aliphatic hydroxyl groups is 1. The lowest BCUT2D eigenvalue weighted by Crippen LogP contribution is -2.31. The maximum atomic E-state index is 9.16. The highest BCUT2D eigenvalue weighted by Gasteiger charge is 2.04. The molecule has 0 spiro atoms. The molecular formula is C16H20N2O. The van der Waals surface area contributed by atoms with Crippen molar-refractivity contribution < 1.29 is 5.11 Å². The van der Waals surface area contributed by atoms with Crippen LogP contribution in [0.4, 0.5) is 0 Å². The van der Waals surface area contributed by atoms with Gasteiger partial charge in [-0.1, -0.05) is 31.2 Å². The van der Waals surface area contributed by atoms with Gasteiger partial charge in [-0.2, -0.15) is 0 Å². The van der Waals surface area contributed by atoms with Crippen molar-refractivity contribution in [3.05, 3.63) is 54.2 Å². The summed E-state index contributed by atoms with van der Waals surface area (Å²) in [6, 6.07) is 14.4. The molecular weight excluding hydrogens is 236 g/mol. The van der Waals surface area contributed by atoms with Gasteiger partial charge in [0, 0.05) is 24.3 Å². The standard InChI is InChI=1S/C16H20N2O/c1-2-15(12-19)18-11-13-6-5-7-14(10-13)16-8-3-4-9-17-16/h3-10,15,18-19H,2,11-12H2,1H3. The van der Waals surface area contributed by atoms with E-state index in [-0.39, 0.29) is 12.6 Å². The minimum absolute atomic E-state index is 0.165. The molecule has 0 amide bonds. The van der Waals surface area contributed by atoms with Gasteiger partial charge >= 0.3 is 0 Å². The van der Waals surface area contributed by atoms with Gasteiger partial charge in [0.05, 0.1) is 12.3 Å². The quantitative estimate of drug-likeness (QED) is 0.835. The Bertz CT molecular complexity index is 495. The van der Waals surface area contributed by atoms with Crippen LogP contribution in [0.2, 0.25) is 0 Å². The van der Waals surface area contributed by atoms with Crippen LogP contribution >= 0.6 is 0 Å². The molecule has 0 aliphatic heterocycles. The van der Waals surface area contributed by atoms with Crippen molar-refractivity contribution in [2.45, 2.75) is 25.9 Å². The predicted molar refractivity (Wildman–Crippen MR) is 77.7 cm³/mol. The number of hydrogen-bond acceptors (Lipinski definition) is 3. The molecule has 1 aromatic carbocycles. The first-order valence-corrected chi connectivity index (χ1v) is 6.68. The number of nitrogens with zero attached hydrogens (tertiary/aromatic N) is 1. The van der Waals surface area contributed by atoms with Crippen molar-refractivity contribution >= 4 is 0 Å². The van der Waals surface area contributed by atoms with Crippen LogP contribution in [-0.2, 0) is 6.54 Å². The van der Waals surface area contributed by atoms with Gasteiger partial charge in [-0.15, -0.1) is 0 Å². The average molecular weight is 256 g/mol. The smallest absolute Gasteiger partial charge is 0.0702 e. The van der Waals surface area contributed by atoms with Crippen LogP contribution in [-0.4, -0.2) is 22.7 Å². The molecule has 3 nitrogen and oxygen atoms in total. The molecule has 0 aliphatic rings. The largest absolute Gasteiger partial charge is 0.395 e. The van der Waals surface area contributed by atoms with Gasteiger partial charge in [-0.25, -0.2) is 0 Å². The topological polar surface area (TPSA) is 45.1 Å². The first-order valence-electron chi connectivity index (χ1n) is 6.68. The molecule has 2 rings (SSSR count). The van der Waals surface area contributed by atoms with E-state index >= 15 is 0 Å². The highest BCUT2D eigenvalue weighted by atomic mass is 16.3. The van der Waals surface area contributed by atoms with Crippen LogP contribution < -0.4 is 5.32 Å². The Balaban J connectivity index is 2.07. The Morgan fingerprint density at radius 2 is 2.11 bits per heavy atom. The van der Waals surface area contributed by atoms with Gasteiger partial charge in [0.15, 0.2) is 0 Å². The van der Waals surface area contributed by atoms with E-state index in [4.69, 9.17) is 5.11 Å². The molecule has 2 N–H and O–H groups in total. The summed E-state index contributed by atoms with van der Waals surface area (Å²) in [4.78, 5) is 4.36. The summed E-state index contributed by atoms with van der Waals surface area (Å²) in [5.74, 6) is 0. The van der Waals surface area contributed by atoms with Crippen LogP contribution in [0.5, 0.6) is 0 Å². The normalized spacial score (nSPS) is 12.3. The monoisotopic (exact) mass is 256 g/mol. The van der Waals surface area contributed by atoms with Crippen LogP contribution in [0.15, 0.2) is 48.7 Å². The Kier molecular flexibility index (Phi) is 5.07. The van der Waals surface area contributed by atoms with Crippen molar-refractivity contribution in [3.63, 3.8) is 0 Å². The van der Waals surface area contributed by atoms with Gasteiger partial charge in [0.2, 0.25) is 0 Å². The number of aromatic nitrogens is 1. The van der Waals surface area contributed by atoms with Gasteiger partial charge < -0.3 is 10.4 Å². The second-order valence-corrected chi connectivity index (χ2v) is 4.58. The summed E-state index contributed by atoms with van der Waals surface area (Å²) < 4.78 is 0. The van der Waals surface area contributed by atoms with Crippen molar-refractivity contribution in [3.8, 4) is 11.3 Å². The lowest BCUT2D eigenvalue weighted by atomic mass is 10.1. The molecule has 2 aromatic rings. The zero-order valence-corrected chi connectivity index (χ0v) is 11.2. The fourth-order valence-electron chi connectivity index (χ4n) is 1.97. The highest BCUT2D eigenvalue weighted by molar-refractivity contribution is 5.59. The molecule has 1 atom stereocenters. The first kappa shape index (κ1) is 13.7. The van der Waals surface area contributed by atoms with Crippen molar-refractivity contribution in [1.29, 1.82) is 0 Å². The summed E-state index contributed by atoms with van der Waals surface area (Å²) in [5, 5.41) is 12.5. The van der Waals surface area contributed by atoms with E-state index in [9.17, 15) is 0 Å². The molecule has 100 valence electrons. The molecule has 1 unspecified atom stereocenters. The Morgan fingerprint density at radius 1 is 1.21 bits per heavy atom. The summed E-state index contributed by atoms with van der Waals surface area (Å²) in [6.45, 7) is 3.01. The van der Waals surface area contributed by atoms with E-state index < -0.39 is 0 Å². The molecule has 19 heavy (non-hydrogen) atoms. The molecule has 0 saturated carbocycles. The second-order valence-electron chi connectivity index (χ2n) is 4.58. The lowest BCUT2D eigenvalue weighted by molar-refractivity contribution is 0.238. The summed E-state index contributed by atoms with van der Waals surface area (Å²) >= 11 is 0. The minimum Gasteiger partial charge on any atom is -0.395 e. The Morgan fingerprint density at radius 3 is 2.79 bits per heavy atom. The number of pyridine rings is 1. The molecule has 0 aliphatic carbocycles. The summed E-state index contributed by atoms with van der Waals surface area (Å²) in [5.41, 5.74) is 3.31. The van der Waals surface area contributed by atoms with E-state index in [1.165, 1.54) is 5.56 Å². The SMILES string of the molecule is CCC(CO)NCc1cccc(-c2ccccn2)c1. The van der Waals surface area contributed by atoms with E-state index in [2.05, 4.69) is 35.4 Å². The van der Waals surface area contributed by atoms with E-state index in [0.29, 0.717) is 0 Å². The third kappa shape index (κ3) is 3.88. The maximum Gasteiger partial charge on any atom is 0.0702 e. The summed E-state index contributed by atoms with van der Waals surface area (Å²) in [6.07, 6.45) is 2.73. The average Bonchev–Trinajstić information content (AvgIpc) is 2.49. The van der Waals surface area contributed by atoms with Crippen molar-refractivity contribution in [2.24, 2.45) is 0 Å². The second kappa shape index (κ2) is 7.02. The maximum absolute atomic E-state index is 9.16. The number of hydrogen-bond donors (Lipinski definition) is 2. The van der Waals surface area contributed by atoms with Crippen LogP contribution in [0.25, 0.3) is 11.3 Å². The van der Waals surface area contributed by atoms with Crippen molar-refractivity contribution in [2.75, 3.05) is 6.61 Å². The Hall–Kier alpha value is -1.71. The van der Waals surface area contributed by atoms with Crippen LogP contribution in [0.1, 0.15) is 18.9 Å². The molecule has 1 aromatic heterocycles. The number of rotatable bonds is 6. The predicted octanol–water partition coefficient (Wildman–Crippen LogP) is 2.61.